The van der Waals surface area contributed by atoms with Gasteiger partial charge in [0.05, 0.1) is 6.61 Å². The average Bonchev–Trinajstić information content (AvgIpc) is 2.36. The number of carboxylic acids is 1. The van der Waals surface area contributed by atoms with E-state index in [9.17, 15) is 9.59 Å². The van der Waals surface area contributed by atoms with Crippen molar-refractivity contribution in [1.29, 1.82) is 0 Å². The third-order valence-corrected chi connectivity index (χ3v) is 3.03. The molecule has 0 aromatic rings. The van der Waals surface area contributed by atoms with Crippen LogP contribution in [0.15, 0.2) is 0 Å². The zero-order valence-corrected chi connectivity index (χ0v) is 12.2. The van der Waals surface area contributed by atoms with E-state index in [4.69, 9.17) is 9.84 Å². The zero-order chi connectivity index (χ0) is 14.3. The highest BCUT2D eigenvalue weighted by molar-refractivity contribution is 5.69. The minimum atomic E-state index is -0.713. The first-order valence-electron chi connectivity index (χ1n) is 7.54. The van der Waals surface area contributed by atoms with Gasteiger partial charge in [0.25, 0.3) is 0 Å². The lowest BCUT2D eigenvalue weighted by atomic mass is 10.1. The number of esters is 1. The molecule has 1 N–H and O–H groups in total. The highest BCUT2D eigenvalue weighted by Crippen LogP contribution is 2.08. The van der Waals surface area contributed by atoms with Gasteiger partial charge in [-0.05, 0) is 19.3 Å². The first-order valence-corrected chi connectivity index (χ1v) is 7.54. The van der Waals surface area contributed by atoms with Crippen molar-refractivity contribution in [3.63, 3.8) is 0 Å². The summed E-state index contributed by atoms with van der Waals surface area (Å²) in [5.41, 5.74) is 0. The van der Waals surface area contributed by atoms with E-state index in [-0.39, 0.29) is 12.4 Å². The van der Waals surface area contributed by atoms with Crippen molar-refractivity contribution in [2.24, 2.45) is 0 Å². The third-order valence-electron chi connectivity index (χ3n) is 3.03. The summed E-state index contributed by atoms with van der Waals surface area (Å²) in [6.45, 7) is 2.64. The van der Waals surface area contributed by atoms with E-state index in [0.29, 0.717) is 13.0 Å². The van der Waals surface area contributed by atoms with Crippen molar-refractivity contribution in [2.75, 3.05) is 6.61 Å². The Morgan fingerprint density at radius 1 is 0.842 bits per heavy atom. The molecule has 0 heterocycles. The van der Waals surface area contributed by atoms with Gasteiger partial charge in [-0.25, -0.2) is 0 Å². The summed E-state index contributed by atoms with van der Waals surface area (Å²) in [4.78, 5) is 21.6. The van der Waals surface area contributed by atoms with E-state index in [1.54, 1.807) is 0 Å². The molecule has 0 atom stereocenters. The lowest BCUT2D eigenvalue weighted by Gasteiger charge is -2.04. The number of carbonyl (C=O) groups excluding carboxylic acids is 1. The molecule has 0 aliphatic rings. The van der Waals surface area contributed by atoms with Gasteiger partial charge < -0.3 is 9.84 Å². The summed E-state index contributed by atoms with van der Waals surface area (Å²) in [5, 5.41) is 8.47. The monoisotopic (exact) mass is 272 g/mol. The van der Waals surface area contributed by atoms with Crippen molar-refractivity contribution in [3.05, 3.63) is 0 Å². The molecule has 0 saturated heterocycles. The molecule has 0 fully saturated rings. The van der Waals surface area contributed by atoms with Gasteiger partial charge in [-0.1, -0.05) is 45.4 Å². The molecule has 0 saturated carbocycles. The molecule has 0 aliphatic carbocycles. The van der Waals surface area contributed by atoms with Gasteiger partial charge >= 0.3 is 11.9 Å². The Morgan fingerprint density at radius 2 is 1.42 bits per heavy atom. The molecule has 112 valence electrons. The summed E-state index contributed by atoms with van der Waals surface area (Å²) < 4.78 is 5.13. The Morgan fingerprint density at radius 3 is 2.05 bits per heavy atom. The van der Waals surface area contributed by atoms with E-state index in [1.807, 2.05) is 0 Å². The largest absolute Gasteiger partial charge is 0.481 e. The summed E-state index contributed by atoms with van der Waals surface area (Å²) in [6.07, 6.45) is 9.82. The van der Waals surface area contributed by atoms with Gasteiger partial charge in [0, 0.05) is 12.8 Å². The van der Waals surface area contributed by atoms with Crippen LogP contribution in [0.2, 0.25) is 0 Å². The van der Waals surface area contributed by atoms with Crippen molar-refractivity contribution >= 4 is 11.9 Å². The zero-order valence-electron chi connectivity index (χ0n) is 12.2. The molecule has 19 heavy (non-hydrogen) atoms. The fourth-order valence-corrected chi connectivity index (χ4v) is 1.86. The molecule has 0 unspecified atom stereocenters. The highest BCUT2D eigenvalue weighted by atomic mass is 16.5. The van der Waals surface area contributed by atoms with E-state index >= 15 is 0 Å². The Hall–Kier alpha value is -1.06. The number of carbonyl (C=O) groups is 2. The second kappa shape index (κ2) is 13.4. The Labute approximate surface area is 116 Å². The van der Waals surface area contributed by atoms with Gasteiger partial charge in [0.15, 0.2) is 0 Å². The number of hydrogen-bond donors (Lipinski definition) is 1. The first kappa shape index (κ1) is 17.9. The third kappa shape index (κ3) is 14.9. The number of rotatable bonds is 13. The van der Waals surface area contributed by atoms with Crippen LogP contribution < -0.4 is 0 Å². The Bertz CT molecular complexity index is 238. The fraction of sp³-hybridized carbons (Fsp3) is 0.867. The van der Waals surface area contributed by atoms with Crippen LogP contribution in [0.1, 0.15) is 77.6 Å². The molecule has 0 rings (SSSR count). The first-order chi connectivity index (χ1) is 9.16. The molecular formula is C15H28O4. The Kier molecular flexibility index (Phi) is 12.6. The molecule has 0 aliphatic heterocycles. The van der Waals surface area contributed by atoms with Crippen LogP contribution in [-0.4, -0.2) is 23.7 Å². The highest BCUT2D eigenvalue weighted by Gasteiger charge is 2.01. The maximum atomic E-state index is 11.3. The van der Waals surface area contributed by atoms with Crippen LogP contribution >= 0.6 is 0 Å². The Balaban J connectivity index is 3.13. The van der Waals surface area contributed by atoms with Crippen LogP contribution in [0.5, 0.6) is 0 Å². The summed E-state index contributed by atoms with van der Waals surface area (Å²) in [7, 11) is 0. The summed E-state index contributed by atoms with van der Waals surface area (Å²) in [5.74, 6) is -0.787. The van der Waals surface area contributed by atoms with Gasteiger partial charge in [-0.2, -0.15) is 0 Å². The molecule has 0 radical (unpaired) electrons. The second-order valence-corrected chi connectivity index (χ2v) is 4.94. The molecule has 4 nitrogen and oxygen atoms in total. The maximum Gasteiger partial charge on any atom is 0.305 e. The number of unbranched alkanes of at least 4 members (excludes halogenated alkanes) is 7. The number of carboxylic acid groups (broad SMARTS) is 1. The van der Waals surface area contributed by atoms with E-state index in [1.165, 1.54) is 0 Å². The number of hydrogen-bond acceptors (Lipinski definition) is 3. The quantitative estimate of drug-likeness (QED) is 0.407. The van der Waals surface area contributed by atoms with Crippen molar-refractivity contribution < 1.29 is 19.4 Å². The minimum Gasteiger partial charge on any atom is -0.481 e. The minimum absolute atomic E-state index is 0.0742. The molecule has 0 aromatic carbocycles. The predicted molar refractivity (Wildman–Crippen MR) is 75.1 cm³/mol. The maximum absolute atomic E-state index is 11.3. The van der Waals surface area contributed by atoms with Crippen LogP contribution in [0, 0.1) is 0 Å². The standard InChI is InChI=1S/C15H28O4/c1-2-3-8-12-15(18)19-13-10-7-5-4-6-9-11-14(16)17/h2-13H2,1H3,(H,16,17). The molecule has 0 aromatic heterocycles. The predicted octanol–water partition coefficient (Wildman–Crippen LogP) is 3.93. The van der Waals surface area contributed by atoms with Crippen LogP contribution in [0.25, 0.3) is 0 Å². The SMILES string of the molecule is CCCCCC(=O)OCCCCCCCCC(=O)O. The smallest absolute Gasteiger partial charge is 0.305 e. The fourth-order valence-electron chi connectivity index (χ4n) is 1.86. The van der Waals surface area contributed by atoms with Gasteiger partial charge in [-0.15, -0.1) is 0 Å². The lowest BCUT2D eigenvalue weighted by Crippen LogP contribution is -2.05. The average molecular weight is 272 g/mol. The normalized spacial score (nSPS) is 10.4. The van der Waals surface area contributed by atoms with Gasteiger partial charge in [-0.3, -0.25) is 9.59 Å². The topological polar surface area (TPSA) is 63.6 Å². The van der Waals surface area contributed by atoms with E-state index in [0.717, 1.165) is 57.8 Å². The van der Waals surface area contributed by atoms with Crippen LogP contribution in [0.3, 0.4) is 0 Å². The summed E-state index contributed by atoms with van der Waals surface area (Å²) in [6, 6.07) is 0. The number of ether oxygens (including phenoxy) is 1. The molecular weight excluding hydrogens is 244 g/mol. The number of aliphatic carboxylic acids is 1. The van der Waals surface area contributed by atoms with Gasteiger partial charge in [0.1, 0.15) is 0 Å². The van der Waals surface area contributed by atoms with E-state index in [2.05, 4.69) is 6.92 Å². The van der Waals surface area contributed by atoms with Crippen LogP contribution in [0.4, 0.5) is 0 Å². The molecule has 0 spiro atoms. The lowest BCUT2D eigenvalue weighted by molar-refractivity contribution is -0.144. The summed E-state index contributed by atoms with van der Waals surface area (Å²) >= 11 is 0. The van der Waals surface area contributed by atoms with Crippen molar-refractivity contribution in [2.45, 2.75) is 77.6 Å². The molecule has 0 bridgehead atoms. The van der Waals surface area contributed by atoms with E-state index < -0.39 is 5.97 Å². The van der Waals surface area contributed by atoms with Gasteiger partial charge in [0.2, 0.25) is 0 Å². The van der Waals surface area contributed by atoms with Crippen molar-refractivity contribution in [1.82, 2.24) is 0 Å². The molecule has 4 heteroatoms. The van der Waals surface area contributed by atoms with Crippen LogP contribution in [-0.2, 0) is 14.3 Å². The second-order valence-electron chi connectivity index (χ2n) is 4.94. The molecule has 0 amide bonds. The van der Waals surface area contributed by atoms with Crippen molar-refractivity contribution in [3.8, 4) is 0 Å².